The van der Waals surface area contributed by atoms with Crippen molar-refractivity contribution < 1.29 is 9.84 Å². The van der Waals surface area contributed by atoms with E-state index in [-0.39, 0.29) is 18.2 Å². The number of nitrogens with one attached hydrogen (secondary N) is 2. The molecule has 2 aromatic rings. The fourth-order valence-corrected chi connectivity index (χ4v) is 5.15. The van der Waals surface area contributed by atoms with Gasteiger partial charge in [-0.25, -0.2) is 4.98 Å². The normalized spacial score (nSPS) is 22.8. The van der Waals surface area contributed by atoms with Gasteiger partial charge in [-0.1, -0.05) is 11.6 Å². The summed E-state index contributed by atoms with van der Waals surface area (Å²) in [5.74, 6) is 1.42. The Hall–Kier alpha value is -2.60. The minimum absolute atomic E-state index is 0.118. The van der Waals surface area contributed by atoms with Crippen LogP contribution in [0, 0.1) is 11.3 Å². The zero-order chi connectivity index (χ0) is 23.6. The topological polar surface area (TPSA) is 106 Å². The molecular formula is C24H31ClN6O2. The van der Waals surface area contributed by atoms with Crippen LogP contribution < -0.4 is 15.4 Å². The van der Waals surface area contributed by atoms with E-state index in [0.29, 0.717) is 39.8 Å². The van der Waals surface area contributed by atoms with Gasteiger partial charge in [0.15, 0.2) is 5.82 Å². The van der Waals surface area contributed by atoms with Crippen molar-refractivity contribution in [3.8, 4) is 11.8 Å². The fraction of sp³-hybridized carbons (Fsp3) is 0.542. The quantitative estimate of drug-likeness (QED) is 0.549. The molecule has 176 valence electrons. The molecule has 0 aliphatic carbocycles. The number of nitrogens with zero attached hydrogens (tertiary/aromatic N) is 4. The largest absolute Gasteiger partial charge is 0.490 e. The Morgan fingerprint density at radius 1 is 1.42 bits per heavy atom. The zero-order valence-corrected chi connectivity index (χ0v) is 20.1. The third-order valence-corrected chi connectivity index (χ3v) is 6.65. The first-order valence-corrected chi connectivity index (χ1v) is 11.8. The van der Waals surface area contributed by atoms with E-state index in [4.69, 9.17) is 16.3 Å². The number of hydrogen-bond donors (Lipinski definition) is 3. The maximum absolute atomic E-state index is 9.46. The molecule has 4 rings (SSSR count). The number of rotatable bonds is 7. The Morgan fingerprint density at radius 2 is 2.24 bits per heavy atom. The van der Waals surface area contributed by atoms with Crippen LogP contribution >= 0.6 is 11.6 Å². The van der Waals surface area contributed by atoms with Crippen LogP contribution in [0.25, 0.3) is 0 Å². The molecule has 0 spiro atoms. The molecule has 3 unspecified atom stereocenters. The molecule has 2 aliphatic rings. The van der Waals surface area contributed by atoms with Crippen molar-refractivity contribution in [3.63, 3.8) is 0 Å². The van der Waals surface area contributed by atoms with Gasteiger partial charge in [0.05, 0.1) is 17.9 Å². The molecule has 33 heavy (non-hydrogen) atoms. The second-order valence-electron chi connectivity index (χ2n) is 9.58. The third kappa shape index (κ3) is 5.49. The molecule has 2 fully saturated rings. The van der Waals surface area contributed by atoms with Crippen LogP contribution in [0.2, 0.25) is 5.02 Å². The molecule has 0 saturated carbocycles. The predicted octanol–water partition coefficient (Wildman–Crippen LogP) is 4.32. The van der Waals surface area contributed by atoms with Crippen molar-refractivity contribution >= 4 is 29.1 Å². The number of anilines is 3. The van der Waals surface area contributed by atoms with Crippen LogP contribution in [-0.2, 0) is 0 Å². The smallest absolute Gasteiger partial charge is 0.229 e. The molecule has 3 heterocycles. The minimum atomic E-state index is -0.616. The van der Waals surface area contributed by atoms with Crippen LogP contribution in [0.3, 0.4) is 0 Å². The van der Waals surface area contributed by atoms with Crippen LogP contribution in [0.15, 0.2) is 24.4 Å². The van der Waals surface area contributed by atoms with Gasteiger partial charge in [-0.2, -0.15) is 10.2 Å². The van der Waals surface area contributed by atoms with Crippen LogP contribution in [0.4, 0.5) is 17.5 Å². The summed E-state index contributed by atoms with van der Waals surface area (Å²) in [6.07, 6.45) is 5.56. The number of aromatic nitrogens is 2. The van der Waals surface area contributed by atoms with Crippen molar-refractivity contribution in [3.05, 3.63) is 35.0 Å². The highest BCUT2D eigenvalue weighted by atomic mass is 35.5. The first-order valence-electron chi connectivity index (χ1n) is 11.4. The monoisotopic (exact) mass is 470 g/mol. The van der Waals surface area contributed by atoms with Crippen molar-refractivity contribution in [2.75, 3.05) is 23.8 Å². The average molecular weight is 471 g/mol. The highest BCUT2D eigenvalue weighted by molar-refractivity contribution is 6.32. The lowest BCUT2D eigenvalue weighted by atomic mass is 9.84. The van der Waals surface area contributed by atoms with E-state index in [1.807, 2.05) is 0 Å². The second kappa shape index (κ2) is 9.72. The van der Waals surface area contributed by atoms with Crippen molar-refractivity contribution in [2.45, 2.75) is 70.2 Å². The number of halogens is 1. The van der Waals surface area contributed by atoms with Crippen LogP contribution in [-0.4, -0.2) is 56.9 Å². The number of nitriles is 1. The number of ether oxygens (including phenoxy) is 1. The first kappa shape index (κ1) is 23.6. The molecular weight excluding hydrogens is 440 g/mol. The molecule has 3 N–H and O–H groups in total. The number of fused-ring (bicyclic) bond motifs is 1. The molecule has 0 radical (unpaired) electrons. The Labute approximate surface area is 199 Å². The standard InChI is InChI=1S/C24H31ClN6O2/c1-15(32)14-33-21-7-6-17(9-16(21)12-26)29-23-27-13-20(25)22(30-23)28-18-10-19-5-4-8-31(19)24(2,3)11-18/h6-7,9,13,15,18-19,32H,4-5,8,10-11,14H2,1-3H3,(H2,27,28,29,30). The van der Waals surface area contributed by atoms with Gasteiger partial charge in [0.25, 0.3) is 0 Å². The van der Waals surface area contributed by atoms with Gasteiger partial charge in [0, 0.05) is 23.3 Å². The van der Waals surface area contributed by atoms with Crippen LogP contribution in [0.5, 0.6) is 5.75 Å². The summed E-state index contributed by atoms with van der Waals surface area (Å²) >= 11 is 6.42. The first-order chi connectivity index (χ1) is 15.7. The summed E-state index contributed by atoms with van der Waals surface area (Å²) in [5, 5.41) is 26.1. The fourth-order valence-electron chi connectivity index (χ4n) is 5.00. The summed E-state index contributed by atoms with van der Waals surface area (Å²) in [7, 11) is 0. The highest BCUT2D eigenvalue weighted by Crippen LogP contribution is 2.39. The van der Waals surface area contributed by atoms with E-state index in [9.17, 15) is 10.4 Å². The molecule has 1 aromatic carbocycles. The number of hydrogen-bond acceptors (Lipinski definition) is 8. The van der Waals surface area contributed by atoms with Crippen LogP contribution in [0.1, 0.15) is 52.0 Å². The molecule has 8 nitrogen and oxygen atoms in total. The lowest BCUT2D eigenvalue weighted by Gasteiger charge is -2.47. The highest BCUT2D eigenvalue weighted by Gasteiger charge is 2.43. The van der Waals surface area contributed by atoms with Gasteiger partial charge < -0.3 is 20.5 Å². The molecule has 0 bridgehead atoms. The van der Waals surface area contributed by atoms with Gasteiger partial charge in [0.2, 0.25) is 5.95 Å². The number of piperidine rings is 1. The van der Waals surface area contributed by atoms with E-state index in [2.05, 4.69) is 45.4 Å². The molecule has 2 aliphatic heterocycles. The number of benzene rings is 1. The average Bonchev–Trinajstić information content (AvgIpc) is 3.24. The Bertz CT molecular complexity index is 1040. The molecule has 3 atom stereocenters. The van der Waals surface area contributed by atoms with Gasteiger partial charge in [-0.05, 0) is 71.2 Å². The van der Waals surface area contributed by atoms with Gasteiger partial charge in [-0.15, -0.1) is 0 Å². The number of aliphatic hydroxyl groups is 1. The molecule has 1 aromatic heterocycles. The van der Waals surface area contributed by atoms with E-state index in [1.165, 1.54) is 19.4 Å². The van der Waals surface area contributed by atoms with Gasteiger partial charge in [0.1, 0.15) is 23.4 Å². The lowest BCUT2D eigenvalue weighted by Crippen LogP contribution is -2.55. The Balaban J connectivity index is 1.47. The summed E-state index contributed by atoms with van der Waals surface area (Å²) in [4.78, 5) is 11.5. The van der Waals surface area contributed by atoms with Crippen molar-refractivity contribution in [2.24, 2.45) is 0 Å². The SMILES string of the molecule is CC(O)COc1ccc(Nc2ncc(Cl)c(NC3CC4CCCN4C(C)(C)C3)n2)cc1C#N. The van der Waals surface area contributed by atoms with E-state index in [0.717, 1.165) is 12.8 Å². The van der Waals surface area contributed by atoms with Gasteiger partial charge >= 0.3 is 0 Å². The lowest BCUT2D eigenvalue weighted by molar-refractivity contribution is 0.0501. The van der Waals surface area contributed by atoms with E-state index < -0.39 is 6.10 Å². The molecule has 0 amide bonds. The summed E-state index contributed by atoms with van der Waals surface area (Å²) in [5.41, 5.74) is 1.16. The third-order valence-electron chi connectivity index (χ3n) is 6.38. The van der Waals surface area contributed by atoms with Crippen molar-refractivity contribution in [1.82, 2.24) is 14.9 Å². The van der Waals surface area contributed by atoms with Crippen molar-refractivity contribution in [1.29, 1.82) is 5.26 Å². The Morgan fingerprint density at radius 3 is 3.00 bits per heavy atom. The number of aliphatic hydroxyl groups excluding tert-OH is 1. The summed E-state index contributed by atoms with van der Waals surface area (Å²) < 4.78 is 5.50. The molecule has 2 saturated heterocycles. The predicted molar refractivity (Wildman–Crippen MR) is 129 cm³/mol. The summed E-state index contributed by atoms with van der Waals surface area (Å²) in [6, 6.07) is 8.15. The minimum Gasteiger partial charge on any atom is -0.490 e. The Kier molecular flexibility index (Phi) is 6.94. The maximum Gasteiger partial charge on any atom is 0.229 e. The van der Waals surface area contributed by atoms with E-state index >= 15 is 0 Å². The van der Waals surface area contributed by atoms with Gasteiger partial charge in [-0.3, -0.25) is 4.90 Å². The second-order valence-corrected chi connectivity index (χ2v) is 9.99. The maximum atomic E-state index is 9.46. The van der Waals surface area contributed by atoms with E-state index in [1.54, 1.807) is 31.3 Å². The zero-order valence-electron chi connectivity index (χ0n) is 19.3. The molecule has 9 heteroatoms. The summed E-state index contributed by atoms with van der Waals surface area (Å²) in [6.45, 7) is 7.56.